The normalized spacial score (nSPS) is 52.5. The molecule has 0 radical (unpaired) electrons. The Kier molecular flexibility index (Phi) is 4.22. The number of Topliss-reactive ketones (excluding diaryl/α,β-unsaturated/α-hetero) is 1. The quantitative estimate of drug-likeness (QED) is 0.595. The van der Waals surface area contributed by atoms with E-state index in [2.05, 4.69) is 20.8 Å². The molecular formula is C25H35FO2. The fraction of sp³-hybridized carbons (Fsp3) is 0.760. The number of carbonyl (C=O) groups is 2. The van der Waals surface area contributed by atoms with Crippen LogP contribution in [0.15, 0.2) is 23.8 Å². The average molecular weight is 387 g/mol. The zero-order chi connectivity index (χ0) is 20.7. The van der Waals surface area contributed by atoms with Crippen molar-refractivity contribution in [1.29, 1.82) is 0 Å². The summed E-state index contributed by atoms with van der Waals surface area (Å²) in [7, 11) is 0. The maximum atomic E-state index is 17.2. The number of hydrogen-bond donors (Lipinski definition) is 0. The van der Waals surface area contributed by atoms with Crippen LogP contribution in [0.2, 0.25) is 0 Å². The third kappa shape index (κ3) is 2.04. The van der Waals surface area contributed by atoms with E-state index in [-0.39, 0.29) is 40.3 Å². The monoisotopic (exact) mass is 386 g/mol. The van der Waals surface area contributed by atoms with Gasteiger partial charge < -0.3 is 0 Å². The Morgan fingerprint density at radius 2 is 1.86 bits per heavy atom. The number of hydrogen-bond acceptors (Lipinski definition) is 2. The zero-order valence-electron chi connectivity index (χ0n) is 18.3. The molecule has 154 valence electrons. The lowest BCUT2D eigenvalue weighted by atomic mass is 9.41. The zero-order valence-corrected chi connectivity index (χ0v) is 18.3. The van der Waals surface area contributed by atoms with Crippen LogP contribution in [0.5, 0.6) is 0 Å². The van der Waals surface area contributed by atoms with E-state index in [0.717, 1.165) is 31.3 Å². The first-order chi connectivity index (χ1) is 13.0. The van der Waals surface area contributed by atoms with E-state index in [1.54, 1.807) is 12.2 Å². The molecule has 0 amide bonds. The third-order valence-corrected chi connectivity index (χ3v) is 10.1. The Bertz CT molecular complexity index is 796. The largest absolute Gasteiger partial charge is 0.299 e. The molecule has 4 aliphatic carbocycles. The van der Waals surface area contributed by atoms with Gasteiger partial charge in [0.25, 0.3) is 0 Å². The number of fused-ring (bicyclic) bond motifs is 5. The molecule has 0 aromatic carbocycles. The molecular weight excluding hydrogens is 351 g/mol. The lowest BCUT2D eigenvalue weighted by Gasteiger charge is -2.64. The van der Waals surface area contributed by atoms with E-state index in [1.807, 2.05) is 26.8 Å². The van der Waals surface area contributed by atoms with Gasteiger partial charge in [-0.1, -0.05) is 46.3 Å². The Balaban J connectivity index is 1.84. The number of ketones is 2. The van der Waals surface area contributed by atoms with Crippen molar-refractivity contribution in [3.05, 3.63) is 23.8 Å². The number of carbonyl (C=O) groups excluding carboxylic acids is 2. The van der Waals surface area contributed by atoms with Gasteiger partial charge in [-0.05, 0) is 73.8 Å². The number of alkyl halides is 1. The van der Waals surface area contributed by atoms with Gasteiger partial charge in [0.2, 0.25) is 0 Å². The minimum Gasteiger partial charge on any atom is -0.299 e. The second kappa shape index (κ2) is 5.89. The highest BCUT2D eigenvalue weighted by molar-refractivity contribution is 6.01. The molecule has 0 heterocycles. The van der Waals surface area contributed by atoms with Gasteiger partial charge in [0.15, 0.2) is 5.78 Å². The van der Waals surface area contributed by atoms with Crippen LogP contribution in [-0.2, 0) is 9.59 Å². The molecule has 0 aromatic heterocycles. The predicted octanol–water partition coefficient (Wildman–Crippen LogP) is 5.86. The lowest BCUT2D eigenvalue weighted by Crippen LogP contribution is -2.65. The highest BCUT2D eigenvalue weighted by Gasteiger charge is 2.73. The van der Waals surface area contributed by atoms with E-state index in [9.17, 15) is 9.59 Å². The average Bonchev–Trinajstić information content (AvgIpc) is 2.84. The van der Waals surface area contributed by atoms with Crippen molar-refractivity contribution in [3.8, 4) is 0 Å². The van der Waals surface area contributed by atoms with Crippen LogP contribution in [0.25, 0.3) is 0 Å². The van der Waals surface area contributed by atoms with Crippen molar-refractivity contribution >= 4 is 11.6 Å². The Labute approximate surface area is 169 Å². The van der Waals surface area contributed by atoms with Crippen molar-refractivity contribution in [2.45, 2.75) is 79.3 Å². The van der Waals surface area contributed by atoms with Crippen molar-refractivity contribution in [2.75, 3.05) is 0 Å². The molecule has 0 saturated heterocycles. The molecule has 4 rings (SSSR count). The first-order valence-corrected chi connectivity index (χ1v) is 11.1. The van der Waals surface area contributed by atoms with Gasteiger partial charge in [-0.3, -0.25) is 9.59 Å². The summed E-state index contributed by atoms with van der Waals surface area (Å²) in [6.45, 7) is 12.7. The van der Waals surface area contributed by atoms with Crippen molar-refractivity contribution in [1.82, 2.24) is 0 Å². The van der Waals surface area contributed by atoms with Crippen LogP contribution in [0, 0.1) is 39.9 Å². The fourth-order valence-electron chi connectivity index (χ4n) is 8.25. The molecule has 0 spiro atoms. The molecule has 0 bridgehead atoms. The van der Waals surface area contributed by atoms with E-state index in [4.69, 9.17) is 0 Å². The molecule has 0 aromatic rings. The second-order valence-electron chi connectivity index (χ2n) is 10.8. The van der Waals surface area contributed by atoms with E-state index in [1.165, 1.54) is 0 Å². The van der Waals surface area contributed by atoms with E-state index >= 15 is 4.39 Å². The van der Waals surface area contributed by atoms with Gasteiger partial charge in [-0.2, -0.15) is 0 Å². The first kappa shape index (κ1) is 20.0. The van der Waals surface area contributed by atoms with Crippen molar-refractivity contribution < 1.29 is 14.0 Å². The molecule has 3 saturated carbocycles. The number of allylic oxidation sites excluding steroid dienone is 4. The van der Waals surface area contributed by atoms with Crippen LogP contribution in [0.1, 0.15) is 73.6 Å². The molecule has 4 aliphatic rings. The summed E-state index contributed by atoms with van der Waals surface area (Å²) in [6, 6.07) is 0. The third-order valence-electron chi connectivity index (χ3n) is 10.1. The molecule has 8 atom stereocenters. The second-order valence-corrected chi connectivity index (χ2v) is 10.8. The van der Waals surface area contributed by atoms with Crippen LogP contribution < -0.4 is 0 Å². The van der Waals surface area contributed by atoms with E-state index < -0.39 is 11.1 Å². The molecule has 28 heavy (non-hydrogen) atoms. The summed E-state index contributed by atoms with van der Waals surface area (Å²) in [5, 5.41) is 0. The van der Waals surface area contributed by atoms with Crippen LogP contribution in [0.3, 0.4) is 0 Å². The summed E-state index contributed by atoms with van der Waals surface area (Å²) in [5.74, 6) is 0.605. The Morgan fingerprint density at radius 1 is 1.18 bits per heavy atom. The van der Waals surface area contributed by atoms with Gasteiger partial charge in [0.1, 0.15) is 11.5 Å². The van der Waals surface area contributed by atoms with E-state index in [0.29, 0.717) is 12.2 Å². The summed E-state index contributed by atoms with van der Waals surface area (Å²) in [4.78, 5) is 25.1. The topological polar surface area (TPSA) is 34.1 Å². The standard InChI is InChI=1S/C25H35FO2/c1-7-21(28)24(6)15(2)12-20-19-9-8-17-13-18(27)10-11-22(17,4)25(19,26)16(3)14-23(20,24)5/h10-11,13,15-16,19-20H,7-9,12,14H2,1-6H3/t15-,16+,19+,20+,22+,23+,24-,25-/m1/s1. The number of rotatable bonds is 2. The highest BCUT2D eigenvalue weighted by atomic mass is 19.1. The molecule has 0 N–H and O–H groups in total. The maximum Gasteiger partial charge on any atom is 0.178 e. The molecule has 0 aliphatic heterocycles. The summed E-state index contributed by atoms with van der Waals surface area (Å²) in [5.41, 5.74) is -1.64. The smallest absolute Gasteiger partial charge is 0.178 e. The molecule has 0 unspecified atom stereocenters. The molecule has 3 fully saturated rings. The van der Waals surface area contributed by atoms with Gasteiger partial charge in [0.05, 0.1) is 0 Å². The van der Waals surface area contributed by atoms with Crippen LogP contribution >= 0.6 is 0 Å². The van der Waals surface area contributed by atoms with Crippen molar-refractivity contribution in [3.63, 3.8) is 0 Å². The fourth-order valence-corrected chi connectivity index (χ4v) is 8.25. The molecule has 2 nitrogen and oxygen atoms in total. The number of halogens is 1. The van der Waals surface area contributed by atoms with Crippen LogP contribution in [0.4, 0.5) is 4.39 Å². The Hall–Kier alpha value is -1.25. The maximum absolute atomic E-state index is 17.2. The van der Waals surface area contributed by atoms with Gasteiger partial charge in [-0.15, -0.1) is 0 Å². The molecule has 3 heteroatoms. The van der Waals surface area contributed by atoms with Crippen LogP contribution in [-0.4, -0.2) is 17.2 Å². The van der Waals surface area contributed by atoms with Gasteiger partial charge in [-0.25, -0.2) is 4.39 Å². The lowest BCUT2D eigenvalue weighted by molar-refractivity contribution is -0.177. The predicted molar refractivity (Wildman–Crippen MR) is 109 cm³/mol. The van der Waals surface area contributed by atoms with Gasteiger partial charge in [0, 0.05) is 17.3 Å². The minimum atomic E-state index is -1.36. The minimum absolute atomic E-state index is 0.0153. The summed E-state index contributed by atoms with van der Waals surface area (Å²) in [6.07, 6.45) is 8.89. The summed E-state index contributed by atoms with van der Waals surface area (Å²) >= 11 is 0. The van der Waals surface area contributed by atoms with Gasteiger partial charge >= 0.3 is 0 Å². The Morgan fingerprint density at radius 3 is 2.50 bits per heavy atom. The SMILES string of the molecule is CCC(=O)[C@@]1(C)[C@H](C)C[C@H]2[C@@H]3CCC4=CC(=O)C=C[C@]4(C)[C@@]3(F)[C@@H](C)C[C@@]21C. The van der Waals surface area contributed by atoms with Crippen molar-refractivity contribution in [2.24, 2.45) is 39.9 Å². The first-order valence-electron chi connectivity index (χ1n) is 11.1. The summed E-state index contributed by atoms with van der Waals surface area (Å²) < 4.78 is 17.2. The highest BCUT2D eigenvalue weighted by Crippen LogP contribution is 2.74.